The van der Waals surface area contributed by atoms with Crippen molar-refractivity contribution in [2.75, 3.05) is 5.43 Å². The number of phenols is 1. The summed E-state index contributed by atoms with van der Waals surface area (Å²) in [6.07, 6.45) is 0. The number of nitrogens with one attached hydrogen (secondary N) is 1. The Bertz CT molecular complexity index is 688. The van der Waals surface area contributed by atoms with Crippen LogP contribution in [0, 0.1) is 11.3 Å². The van der Waals surface area contributed by atoms with Crippen molar-refractivity contribution in [1.82, 2.24) is 0 Å². The highest BCUT2D eigenvalue weighted by Crippen LogP contribution is 2.21. The summed E-state index contributed by atoms with van der Waals surface area (Å²) in [5, 5.41) is 22.3. The number of benzene rings is 2. The Labute approximate surface area is 115 Å². The smallest absolute Gasteiger partial charge is 0.223 e. The van der Waals surface area contributed by atoms with Gasteiger partial charge < -0.3 is 5.11 Å². The van der Waals surface area contributed by atoms with Crippen LogP contribution in [0.4, 0.5) is 5.69 Å². The number of hydrazone groups is 1. The topological polar surface area (TPSA) is 85.5 Å². The molecular weight excluding hydrogens is 254 g/mol. The quantitative estimate of drug-likeness (QED) is 0.385. The highest BCUT2D eigenvalue weighted by molar-refractivity contribution is 6.51. The van der Waals surface area contributed by atoms with Crippen LogP contribution in [0.25, 0.3) is 0 Å². The van der Waals surface area contributed by atoms with Crippen molar-refractivity contribution >= 4 is 17.2 Å². The van der Waals surface area contributed by atoms with E-state index in [0.29, 0.717) is 11.3 Å². The van der Waals surface area contributed by atoms with E-state index >= 15 is 0 Å². The van der Waals surface area contributed by atoms with E-state index in [-0.39, 0.29) is 11.5 Å². The van der Waals surface area contributed by atoms with Gasteiger partial charge in [0.05, 0.1) is 5.69 Å². The van der Waals surface area contributed by atoms with E-state index in [9.17, 15) is 9.90 Å². The number of carbonyl (C=O) groups is 1. The molecule has 0 unspecified atom stereocenters. The standard InChI is InChI=1S/C15H11N3O2/c16-10-13(15(20)11-6-2-1-3-7-11)18-17-12-8-4-5-9-14(12)19/h1-9,17,19H. The molecule has 0 spiro atoms. The van der Waals surface area contributed by atoms with Crippen molar-refractivity contribution in [3.8, 4) is 11.8 Å². The molecule has 0 amide bonds. The molecule has 0 heterocycles. The summed E-state index contributed by atoms with van der Waals surface area (Å²) in [4.78, 5) is 12.0. The van der Waals surface area contributed by atoms with Crippen LogP contribution in [-0.4, -0.2) is 16.6 Å². The predicted molar refractivity (Wildman–Crippen MR) is 75.6 cm³/mol. The van der Waals surface area contributed by atoms with E-state index in [0.717, 1.165) is 0 Å². The Hall–Kier alpha value is -3.13. The van der Waals surface area contributed by atoms with Gasteiger partial charge in [0, 0.05) is 5.56 Å². The molecule has 2 aromatic carbocycles. The Morgan fingerprint density at radius 3 is 2.40 bits per heavy atom. The Morgan fingerprint density at radius 2 is 1.75 bits per heavy atom. The minimum absolute atomic E-state index is 0.0132. The first-order valence-electron chi connectivity index (χ1n) is 5.84. The van der Waals surface area contributed by atoms with E-state index in [2.05, 4.69) is 10.5 Å². The molecule has 0 atom stereocenters. The average molecular weight is 265 g/mol. The van der Waals surface area contributed by atoms with Gasteiger partial charge in [-0.15, -0.1) is 0 Å². The van der Waals surface area contributed by atoms with Gasteiger partial charge in [-0.1, -0.05) is 42.5 Å². The Kier molecular flexibility index (Phi) is 4.10. The lowest BCUT2D eigenvalue weighted by molar-refractivity contribution is 0.106. The number of carbonyl (C=O) groups excluding carboxylic acids is 1. The fourth-order valence-corrected chi connectivity index (χ4v) is 1.54. The van der Waals surface area contributed by atoms with Crippen molar-refractivity contribution in [3.05, 3.63) is 60.2 Å². The first-order chi connectivity index (χ1) is 9.72. The summed E-state index contributed by atoms with van der Waals surface area (Å²) in [6.45, 7) is 0. The molecule has 5 heteroatoms. The molecule has 5 nitrogen and oxygen atoms in total. The zero-order chi connectivity index (χ0) is 14.4. The van der Waals surface area contributed by atoms with E-state index < -0.39 is 5.78 Å². The minimum Gasteiger partial charge on any atom is -0.506 e. The number of para-hydroxylation sites is 2. The van der Waals surface area contributed by atoms with Crippen molar-refractivity contribution in [1.29, 1.82) is 5.26 Å². The molecule has 0 radical (unpaired) electrons. The van der Waals surface area contributed by atoms with Gasteiger partial charge in [-0.3, -0.25) is 10.2 Å². The second-order valence-electron chi connectivity index (χ2n) is 3.90. The maximum absolute atomic E-state index is 12.0. The summed E-state index contributed by atoms with van der Waals surface area (Å²) in [6, 6.07) is 16.6. The first kappa shape index (κ1) is 13.3. The lowest BCUT2D eigenvalue weighted by atomic mass is 10.1. The molecule has 0 aliphatic rings. The summed E-state index contributed by atoms with van der Waals surface area (Å²) >= 11 is 0. The predicted octanol–water partition coefficient (Wildman–Crippen LogP) is 2.57. The van der Waals surface area contributed by atoms with E-state index in [1.165, 1.54) is 6.07 Å². The Balaban J connectivity index is 2.21. The second-order valence-corrected chi connectivity index (χ2v) is 3.90. The van der Waals surface area contributed by atoms with Gasteiger partial charge >= 0.3 is 0 Å². The number of Topliss-reactive ketones (excluding diaryl/α,β-unsaturated/α-hetero) is 1. The molecule has 20 heavy (non-hydrogen) atoms. The first-order valence-corrected chi connectivity index (χ1v) is 5.84. The zero-order valence-corrected chi connectivity index (χ0v) is 10.4. The SMILES string of the molecule is N#CC(=NNc1ccccc1O)C(=O)c1ccccc1. The van der Waals surface area contributed by atoms with Crippen LogP contribution in [0.1, 0.15) is 10.4 Å². The number of phenolic OH excluding ortho intramolecular Hbond substituents is 1. The number of aromatic hydroxyl groups is 1. The van der Waals surface area contributed by atoms with Gasteiger partial charge in [-0.2, -0.15) is 10.4 Å². The zero-order valence-electron chi connectivity index (χ0n) is 10.4. The van der Waals surface area contributed by atoms with Crippen LogP contribution in [0.15, 0.2) is 59.7 Å². The fourth-order valence-electron chi connectivity index (χ4n) is 1.54. The average Bonchev–Trinajstić information content (AvgIpc) is 2.50. The van der Waals surface area contributed by atoms with Gasteiger partial charge in [0.15, 0.2) is 0 Å². The molecule has 0 fully saturated rings. The van der Waals surface area contributed by atoms with Gasteiger partial charge in [-0.05, 0) is 12.1 Å². The summed E-state index contributed by atoms with van der Waals surface area (Å²) in [5.74, 6) is -0.489. The number of ketones is 1. The fraction of sp³-hybridized carbons (Fsp3) is 0. The van der Waals surface area contributed by atoms with Gasteiger partial charge in [0.2, 0.25) is 11.5 Å². The highest BCUT2D eigenvalue weighted by atomic mass is 16.3. The molecule has 98 valence electrons. The third-order valence-electron chi connectivity index (χ3n) is 2.55. The molecule has 2 rings (SSSR count). The molecular formula is C15H11N3O2. The molecule has 2 N–H and O–H groups in total. The summed E-state index contributed by atoms with van der Waals surface area (Å²) in [5.41, 5.74) is 2.93. The lowest BCUT2D eigenvalue weighted by Crippen LogP contribution is -2.14. The third-order valence-corrected chi connectivity index (χ3v) is 2.55. The van der Waals surface area contributed by atoms with Crippen LogP contribution >= 0.6 is 0 Å². The van der Waals surface area contributed by atoms with Crippen LogP contribution in [0.5, 0.6) is 5.75 Å². The molecule has 0 aromatic heterocycles. The van der Waals surface area contributed by atoms with E-state index in [4.69, 9.17) is 5.26 Å². The number of anilines is 1. The van der Waals surface area contributed by atoms with Gasteiger partial charge in [0.1, 0.15) is 11.8 Å². The van der Waals surface area contributed by atoms with Crippen molar-refractivity contribution in [2.45, 2.75) is 0 Å². The number of hydrogen-bond acceptors (Lipinski definition) is 5. The van der Waals surface area contributed by atoms with Crippen LogP contribution < -0.4 is 5.43 Å². The molecule has 0 aliphatic heterocycles. The van der Waals surface area contributed by atoms with E-state index in [1.807, 2.05) is 0 Å². The number of rotatable bonds is 4. The van der Waals surface area contributed by atoms with Crippen LogP contribution in [-0.2, 0) is 0 Å². The minimum atomic E-state index is -0.476. The second kappa shape index (κ2) is 6.16. The highest BCUT2D eigenvalue weighted by Gasteiger charge is 2.13. The molecule has 0 saturated heterocycles. The van der Waals surface area contributed by atoms with Crippen LogP contribution in [0.2, 0.25) is 0 Å². The van der Waals surface area contributed by atoms with Gasteiger partial charge in [-0.25, -0.2) is 0 Å². The maximum Gasteiger partial charge on any atom is 0.223 e. The summed E-state index contributed by atoms with van der Waals surface area (Å²) in [7, 11) is 0. The number of nitrogens with zero attached hydrogens (tertiary/aromatic N) is 2. The van der Waals surface area contributed by atoms with Crippen LogP contribution in [0.3, 0.4) is 0 Å². The summed E-state index contributed by atoms with van der Waals surface area (Å²) < 4.78 is 0. The molecule has 0 bridgehead atoms. The lowest BCUT2D eigenvalue weighted by Gasteiger charge is -2.03. The largest absolute Gasteiger partial charge is 0.506 e. The van der Waals surface area contributed by atoms with E-state index in [1.54, 1.807) is 54.6 Å². The van der Waals surface area contributed by atoms with Gasteiger partial charge in [0.25, 0.3) is 0 Å². The molecule has 0 saturated carbocycles. The third kappa shape index (κ3) is 3.00. The molecule has 0 aliphatic carbocycles. The normalized spacial score (nSPS) is 10.7. The van der Waals surface area contributed by atoms with Crippen molar-refractivity contribution in [3.63, 3.8) is 0 Å². The van der Waals surface area contributed by atoms with Crippen molar-refractivity contribution in [2.24, 2.45) is 5.10 Å². The monoisotopic (exact) mass is 265 g/mol. The van der Waals surface area contributed by atoms with Crippen molar-refractivity contribution < 1.29 is 9.90 Å². The number of nitriles is 1. The Morgan fingerprint density at radius 1 is 1.10 bits per heavy atom. The number of hydrogen-bond donors (Lipinski definition) is 2. The maximum atomic E-state index is 12.0. The molecule has 2 aromatic rings.